The van der Waals surface area contributed by atoms with Crippen LogP contribution in [0.4, 0.5) is 5.82 Å². The van der Waals surface area contributed by atoms with E-state index in [2.05, 4.69) is 16.4 Å². The SMILES string of the molecule is Cc1cc(C#N)cc(NCc2ccoc2)n1. The number of nitrogens with zero attached hydrogens (tertiary/aromatic N) is 2. The molecule has 0 aliphatic heterocycles. The summed E-state index contributed by atoms with van der Waals surface area (Å²) >= 11 is 0. The van der Waals surface area contributed by atoms with Crippen molar-refractivity contribution in [3.8, 4) is 6.07 Å². The summed E-state index contributed by atoms with van der Waals surface area (Å²) in [5, 5.41) is 12.0. The molecule has 0 spiro atoms. The number of hydrogen-bond donors (Lipinski definition) is 1. The van der Waals surface area contributed by atoms with Crippen molar-refractivity contribution < 1.29 is 4.42 Å². The summed E-state index contributed by atoms with van der Waals surface area (Å²) in [7, 11) is 0. The third-order valence-electron chi connectivity index (χ3n) is 2.14. The summed E-state index contributed by atoms with van der Waals surface area (Å²) in [4.78, 5) is 4.29. The van der Waals surface area contributed by atoms with Crippen LogP contribution >= 0.6 is 0 Å². The van der Waals surface area contributed by atoms with Crippen molar-refractivity contribution in [3.05, 3.63) is 47.5 Å². The third-order valence-corrected chi connectivity index (χ3v) is 2.14. The van der Waals surface area contributed by atoms with Gasteiger partial charge in [0, 0.05) is 17.8 Å². The average Bonchev–Trinajstić information content (AvgIpc) is 2.78. The van der Waals surface area contributed by atoms with Crippen molar-refractivity contribution in [2.75, 3.05) is 5.32 Å². The van der Waals surface area contributed by atoms with Gasteiger partial charge in [-0.25, -0.2) is 4.98 Å². The molecule has 4 nitrogen and oxygen atoms in total. The van der Waals surface area contributed by atoms with E-state index in [1.807, 2.05) is 13.0 Å². The van der Waals surface area contributed by atoms with Crippen LogP contribution in [0.1, 0.15) is 16.8 Å². The maximum absolute atomic E-state index is 8.82. The molecule has 80 valence electrons. The van der Waals surface area contributed by atoms with E-state index in [4.69, 9.17) is 9.68 Å². The Hall–Kier alpha value is -2.28. The van der Waals surface area contributed by atoms with E-state index in [0.717, 1.165) is 11.3 Å². The minimum atomic E-state index is 0.613. The molecular weight excluding hydrogens is 202 g/mol. The predicted molar refractivity (Wildman–Crippen MR) is 59.7 cm³/mol. The molecule has 2 rings (SSSR count). The van der Waals surface area contributed by atoms with Gasteiger partial charge in [-0.3, -0.25) is 0 Å². The van der Waals surface area contributed by atoms with Crippen molar-refractivity contribution >= 4 is 5.82 Å². The van der Waals surface area contributed by atoms with E-state index in [9.17, 15) is 0 Å². The normalized spacial score (nSPS) is 9.75. The van der Waals surface area contributed by atoms with E-state index >= 15 is 0 Å². The molecule has 0 aliphatic carbocycles. The zero-order valence-electron chi connectivity index (χ0n) is 8.90. The Morgan fingerprint density at radius 2 is 2.38 bits per heavy atom. The summed E-state index contributed by atoms with van der Waals surface area (Å²) in [6.45, 7) is 2.50. The monoisotopic (exact) mass is 213 g/mol. The largest absolute Gasteiger partial charge is 0.472 e. The topological polar surface area (TPSA) is 61.9 Å². The van der Waals surface area contributed by atoms with Crippen LogP contribution in [0, 0.1) is 18.3 Å². The molecular formula is C12H11N3O. The van der Waals surface area contributed by atoms with Gasteiger partial charge in [-0.2, -0.15) is 5.26 Å². The second-order valence-corrected chi connectivity index (χ2v) is 3.48. The molecule has 1 N–H and O–H groups in total. The second kappa shape index (κ2) is 4.49. The average molecular weight is 213 g/mol. The molecule has 0 atom stereocenters. The first kappa shape index (κ1) is 10.2. The van der Waals surface area contributed by atoms with Gasteiger partial charge in [0.25, 0.3) is 0 Å². The fourth-order valence-electron chi connectivity index (χ4n) is 1.41. The molecule has 16 heavy (non-hydrogen) atoms. The molecule has 4 heteroatoms. The third kappa shape index (κ3) is 2.39. The van der Waals surface area contributed by atoms with E-state index in [-0.39, 0.29) is 0 Å². The first-order valence-electron chi connectivity index (χ1n) is 4.91. The lowest BCUT2D eigenvalue weighted by molar-refractivity contribution is 0.564. The minimum absolute atomic E-state index is 0.613. The Balaban J connectivity index is 2.10. The van der Waals surface area contributed by atoms with Gasteiger partial charge in [0.15, 0.2) is 0 Å². The molecule has 0 bridgehead atoms. The van der Waals surface area contributed by atoms with Crippen molar-refractivity contribution in [3.63, 3.8) is 0 Å². The molecule has 2 heterocycles. The summed E-state index contributed by atoms with van der Waals surface area (Å²) in [6.07, 6.45) is 3.30. The Kier molecular flexibility index (Phi) is 2.88. The molecule has 0 radical (unpaired) electrons. The van der Waals surface area contributed by atoms with Crippen LogP contribution in [0.2, 0.25) is 0 Å². The van der Waals surface area contributed by atoms with Gasteiger partial charge in [0.2, 0.25) is 0 Å². The highest BCUT2D eigenvalue weighted by Crippen LogP contribution is 2.11. The Bertz CT molecular complexity index is 512. The van der Waals surface area contributed by atoms with E-state index in [0.29, 0.717) is 17.9 Å². The van der Waals surface area contributed by atoms with Crippen LogP contribution in [-0.2, 0) is 6.54 Å². The summed E-state index contributed by atoms with van der Waals surface area (Å²) < 4.78 is 4.96. The standard InChI is InChI=1S/C12H11N3O/c1-9-4-11(6-13)5-12(15-9)14-7-10-2-3-16-8-10/h2-5,8H,7H2,1H3,(H,14,15). The zero-order chi connectivity index (χ0) is 11.4. The van der Waals surface area contributed by atoms with Crippen LogP contribution < -0.4 is 5.32 Å². The number of pyridine rings is 1. The lowest BCUT2D eigenvalue weighted by Crippen LogP contribution is -2.01. The van der Waals surface area contributed by atoms with Crippen molar-refractivity contribution in [1.82, 2.24) is 4.98 Å². The van der Waals surface area contributed by atoms with Gasteiger partial charge >= 0.3 is 0 Å². The van der Waals surface area contributed by atoms with Crippen molar-refractivity contribution in [2.24, 2.45) is 0 Å². The summed E-state index contributed by atoms with van der Waals surface area (Å²) in [6, 6.07) is 7.47. The van der Waals surface area contributed by atoms with Crippen molar-refractivity contribution in [2.45, 2.75) is 13.5 Å². The Labute approximate surface area is 93.5 Å². The molecule has 2 aromatic rings. The lowest BCUT2D eigenvalue weighted by Gasteiger charge is -2.05. The van der Waals surface area contributed by atoms with E-state index in [1.165, 1.54) is 0 Å². The smallest absolute Gasteiger partial charge is 0.127 e. The molecule has 0 unspecified atom stereocenters. The first-order chi connectivity index (χ1) is 7.78. The highest BCUT2D eigenvalue weighted by Gasteiger charge is 2.00. The zero-order valence-corrected chi connectivity index (χ0v) is 8.90. The van der Waals surface area contributed by atoms with Gasteiger partial charge in [-0.05, 0) is 25.1 Å². The maximum Gasteiger partial charge on any atom is 0.127 e. The fourth-order valence-corrected chi connectivity index (χ4v) is 1.41. The van der Waals surface area contributed by atoms with Gasteiger partial charge in [-0.1, -0.05) is 0 Å². The number of hydrogen-bond acceptors (Lipinski definition) is 4. The van der Waals surface area contributed by atoms with Crippen LogP contribution in [-0.4, -0.2) is 4.98 Å². The number of rotatable bonds is 3. The minimum Gasteiger partial charge on any atom is -0.472 e. The number of anilines is 1. The van der Waals surface area contributed by atoms with E-state index < -0.39 is 0 Å². The van der Waals surface area contributed by atoms with Crippen LogP contribution in [0.15, 0.2) is 35.1 Å². The van der Waals surface area contributed by atoms with Crippen LogP contribution in [0.3, 0.4) is 0 Å². The quantitative estimate of drug-likeness (QED) is 0.850. The van der Waals surface area contributed by atoms with Gasteiger partial charge in [-0.15, -0.1) is 0 Å². The highest BCUT2D eigenvalue weighted by molar-refractivity contribution is 5.44. The molecule has 0 aromatic carbocycles. The fraction of sp³-hybridized carbons (Fsp3) is 0.167. The first-order valence-corrected chi connectivity index (χ1v) is 4.91. The van der Waals surface area contributed by atoms with Gasteiger partial charge in [0.1, 0.15) is 5.82 Å². The predicted octanol–water partition coefficient (Wildman–Crippen LogP) is 2.47. The van der Waals surface area contributed by atoms with E-state index in [1.54, 1.807) is 24.7 Å². The van der Waals surface area contributed by atoms with Gasteiger partial charge < -0.3 is 9.73 Å². The van der Waals surface area contributed by atoms with Gasteiger partial charge in [0.05, 0.1) is 24.2 Å². The summed E-state index contributed by atoms with van der Waals surface area (Å²) in [5.74, 6) is 0.706. The number of nitriles is 1. The number of aryl methyl sites for hydroxylation is 1. The number of nitrogens with one attached hydrogen (secondary N) is 1. The Morgan fingerprint density at radius 1 is 1.50 bits per heavy atom. The molecule has 0 aliphatic rings. The lowest BCUT2D eigenvalue weighted by atomic mass is 10.2. The number of aromatic nitrogens is 1. The molecule has 0 amide bonds. The maximum atomic E-state index is 8.82. The highest BCUT2D eigenvalue weighted by atomic mass is 16.3. The molecule has 2 aromatic heterocycles. The van der Waals surface area contributed by atoms with Crippen molar-refractivity contribution in [1.29, 1.82) is 5.26 Å². The molecule has 0 saturated heterocycles. The van der Waals surface area contributed by atoms with Crippen LogP contribution in [0.5, 0.6) is 0 Å². The molecule has 0 saturated carbocycles. The summed E-state index contributed by atoms with van der Waals surface area (Å²) in [5.41, 5.74) is 2.48. The number of furan rings is 1. The molecule has 0 fully saturated rings. The van der Waals surface area contributed by atoms with Crippen LogP contribution in [0.25, 0.3) is 0 Å². The Morgan fingerprint density at radius 3 is 3.06 bits per heavy atom. The second-order valence-electron chi connectivity index (χ2n) is 3.48.